The SMILES string of the molecule is CCO.Cc1ccccc1.Cc1ccccc1.NC(=O)[C@@H]1CCCNC1.NC(=O)[C@@H]1CCCNC1.O=S(=O)=O.O=S([O-])O. The molecule has 43 heavy (non-hydrogen) atoms. The van der Waals surface area contributed by atoms with Crippen molar-refractivity contribution in [3.05, 3.63) is 71.8 Å². The zero-order chi connectivity index (χ0) is 33.5. The number of carbonyl (C=O) groups is 2. The van der Waals surface area contributed by atoms with Crippen LogP contribution in [-0.4, -0.2) is 75.6 Å². The minimum absolute atomic E-state index is 0.0822. The summed E-state index contributed by atoms with van der Waals surface area (Å²) in [5.41, 5.74) is 12.8. The first-order valence-corrected chi connectivity index (χ1v) is 15.5. The summed E-state index contributed by atoms with van der Waals surface area (Å²) >= 11 is -2.86. The second-order valence-electron chi connectivity index (χ2n) is 8.94. The molecule has 2 saturated heterocycles. The number of piperidine rings is 2. The van der Waals surface area contributed by atoms with Crippen molar-refractivity contribution >= 4 is 33.8 Å². The van der Waals surface area contributed by atoms with Crippen molar-refractivity contribution in [1.29, 1.82) is 0 Å². The van der Waals surface area contributed by atoms with Crippen LogP contribution in [0.3, 0.4) is 0 Å². The minimum Gasteiger partial charge on any atom is -0.750 e. The Hall–Kier alpha value is -3.05. The fraction of sp³-hybridized carbons (Fsp3) is 0.500. The molecular formula is C28H47N4O9S2-. The number of primary amides is 2. The summed E-state index contributed by atoms with van der Waals surface area (Å²) < 4.78 is 49.4. The van der Waals surface area contributed by atoms with Crippen LogP contribution in [0.15, 0.2) is 60.7 Å². The van der Waals surface area contributed by atoms with Crippen molar-refractivity contribution < 1.29 is 40.6 Å². The summed E-state index contributed by atoms with van der Waals surface area (Å²) in [6, 6.07) is 20.5. The summed E-state index contributed by atoms with van der Waals surface area (Å²) in [7, 11) is -3.11. The fourth-order valence-electron chi connectivity index (χ4n) is 3.26. The van der Waals surface area contributed by atoms with E-state index in [0.717, 1.165) is 51.9 Å². The van der Waals surface area contributed by atoms with Crippen LogP contribution < -0.4 is 22.1 Å². The third kappa shape index (κ3) is 39.0. The molecule has 2 aromatic carbocycles. The van der Waals surface area contributed by atoms with Gasteiger partial charge in [0.25, 0.3) is 0 Å². The number of rotatable bonds is 2. The monoisotopic (exact) mass is 647 g/mol. The standard InChI is InChI=1S/2C7H8.2C6H12N2O.C2H6O.H2O3S.O3S/c2*1-7-5-3-2-4-6-7;2*7-6(9)5-2-1-3-8-4-5;1-2-3;2*1-4(2)3/h2*2-6H,1H3;2*5,8H,1-4H2,(H2,7,9);3H,2H2,1H3;(H2,1,2,3);/p-1/t;;2*5-;;;/m..11.../s1. The first-order valence-electron chi connectivity index (χ1n) is 13.5. The molecular weight excluding hydrogens is 600 g/mol. The lowest BCUT2D eigenvalue weighted by Crippen LogP contribution is -2.37. The quantitative estimate of drug-likeness (QED) is 0.253. The van der Waals surface area contributed by atoms with Crippen molar-refractivity contribution in [2.45, 2.75) is 46.5 Å². The lowest BCUT2D eigenvalue weighted by atomic mass is 9.99. The van der Waals surface area contributed by atoms with Crippen molar-refractivity contribution in [2.24, 2.45) is 23.3 Å². The van der Waals surface area contributed by atoms with Crippen molar-refractivity contribution in [3.8, 4) is 0 Å². The molecule has 3 atom stereocenters. The van der Waals surface area contributed by atoms with Gasteiger partial charge in [0.1, 0.15) is 0 Å². The Morgan fingerprint density at radius 1 is 0.791 bits per heavy atom. The highest BCUT2D eigenvalue weighted by Crippen LogP contribution is 2.08. The molecule has 15 heteroatoms. The van der Waals surface area contributed by atoms with Crippen LogP contribution in [0.1, 0.15) is 43.7 Å². The van der Waals surface area contributed by atoms with Crippen molar-refractivity contribution in [1.82, 2.24) is 10.6 Å². The van der Waals surface area contributed by atoms with Gasteiger partial charge in [-0.15, -0.1) is 12.6 Å². The number of aliphatic hydroxyl groups is 1. The summed E-state index contributed by atoms with van der Waals surface area (Å²) in [5, 5.41) is 13.8. The predicted molar refractivity (Wildman–Crippen MR) is 166 cm³/mol. The molecule has 246 valence electrons. The van der Waals surface area contributed by atoms with Crippen LogP contribution >= 0.6 is 0 Å². The molecule has 0 bridgehead atoms. The number of nitrogens with two attached hydrogens (primary N) is 2. The average Bonchev–Trinajstić information content (AvgIpc) is 2.96. The maximum Gasteiger partial charge on any atom is 0.425 e. The fourth-order valence-corrected chi connectivity index (χ4v) is 3.26. The van der Waals surface area contributed by atoms with Crippen LogP contribution in [-0.2, 0) is 31.6 Å². The zero-order valence-electron chi connectivity index (χ0n) is 25.0. The highest BCUT2D eigenvalue weighted by Gasteiger charge is 2.17. The number of hydrogen-bond acceptors (Lipinski definition) is 10. The Kier molecular flexibility index (Phi) is 32.9. The molecule has 13 nitrogen and oxygen atoms in total. The van der Waals surface area contributed by atoms with Gasteiger partial charge in [-0.25, -0.2) is 4.21 Å². The van der Waals surface area contributed by atoms with Crippen molar-refractivity contribution in [3.63, 3.8) is 0 Å². The van der Waals surface area contributed by atoms with E-state index < -0.39 is 22.0 Å². The van der Waals surface area contributed by atoms with Gasteiger partial charge in [0.2, 0.25) is 11.8 Å². The van der Waals surface area contributed by atoms with Crippen LogP contribution in [0.4, 0.5) is 0 Å². The lowest BCUT2D eigenvalue weighted by molar-refractivity contribution is -0.123. The third-order valence-corrected chi connectivity index (χ3v) is 5.28. The molecule has 8 N–H and O–H groups in total. The lowest BCUT2D eigenvalue weighted by Gasteiger charge is -2.18. The van der Waals surface area contributed by atoms with Gasteiger partial charge < -0.3 is 36.3 Å². The van der Waals surface area contributed by atoms with Gasteiger partial charge in [-0.05, 0) is 59.5 Å². The first-order chi connectivity index (χ1) is 20.3. The smallest absolute Gasteiger partial charge is 0.425 e. The number of carbonyl (C=O) groups excluding carboxylic acids is 2. The molecule has 2 fully saturated rings. The molecule has 0 aromatic heterocycles. The molecule has 2 aromatic rings. The topological polar surface area (TPSA) is 242 Å². The Balaban J connectivity index is -0.000000449. The number of nitrogens with one attached hydrogen (secondary N) is 2. The van der Waals surface area contributed by atoms with Gasteiger partial charge >= 0.3 is 10.6 Å². The number of amides is 2. The molecule has 2 heterocycles. The Morgan fingerprint density at radius 2 is 1.05 bits per heavy atom. The highest BCUT2D eigenvalue weighted by atomic mass is 32.2. The third-order valence-electron chi connectivity index (χ3n) is 5.28. The molecule has 4 rings (SSSR count). The van der Waals surface area contributed by atoms with Crippen LogP contribution in [0, 0.1) is 25.7 Å². The van der Waals surface area contributed by atoms with E-state index in [1.54, 1.807) is 6.92 Å². The molecule has 0 radical (unpaired) electrons. The van der Waals surface area contributed by atoms with E-state index in [0.29, 0.717) is 0 Å². The van der Waals surface area contributed by atoms with Crippen LogP contribution in [0.2, 0.25) is 0 Å². The van der Waals surface area contributed by atoms with Gasteiger partial charge in [0.15, 0.2) is 0 Å². The van der Waals surface area contributed by atoms with Crippen LogP contribution in [0.5, 0.6) is 0 Å². The maximum absolute atomic E-state index is 10.5. The van der Waals surface area contributed by atoms with Gasteiger partial charge in [-0.1, -0.05) is 71.8 Å². The minimum atomic E-state index is -3.11. The van der Waals surface area contributed by atoms with E-state index in [2.05, 4.69) is 48.7 Å². The molecule has 2 aliphatic heterocycles. The van der Waals surface area contributed by atoms with Crippen LogP contribution in [0.25, 0.3) is 0 Å². The van der Waals surface area contributed by atoms with E-state index in [1.165, 1.54) is 11.1 Å². The first kappa shape index (κ1) is 44.4. The van der Waals surface area contributed by atoms with E-state index in [-0.39, 0.29) is 30.3 Å². The largest absolute Gasteiger partial charge is 0.750 e. The maximum atomic E-state index is 10.5. The zero-order valence-corrected chi connectivity index (χ0v) is 26.6. The van der Waals surface area contributed by atoms with E-state index in [1.807, 2.05) is 36.4 Å². The van der Waals surface area contributed by atoms with E-state index >= 15 is 0 Å². The Labute approximate surface area is 259 Å². The summed E-state index contributed by atoms with van der Waals surface area (Å²) in [6.45, 7) is 9.71. The van der Waals surface area contributed by atoms with E-state index in [4.69, 9.17) is 42.5 Å². The number of benzene rings is 2. The normalized spacial score (nSPS) is 16.9. The summed E-state index contributed by atoms with van der Waals surface area (Å²) in [5.74, 6) is -0.165. The van der Waals surface area contributed by atoms with Gasteiger partial charge in [-0.3, -0.25) is 9.59 Å². The Morgan fingerprint density at radius 3 is 1.16 bits per heavy atom. The molecule has 1 unspecified atom stereocenters. The summed E-state index contributed by atoms with van der Waals surface area (Å²) in [6.07, 6.45) is 4.08. The average molecular weight is 648 g/mol. The highest BCUT2D eigenvalue weighted by molar-refractivity contribution is 7.73. The molecule has 0 saturated carbocycles. The van der Waals surface area contributed by atoms with Gasteiger partial charge in [-0.2, -0.15) is 0 Å². The van der Waals surface area contributed by atoms with Gasteiger partial charge in [0, 0.05) is 19.7 Å². The van der Waals surface area contributed by atoms with Crippen molar-refractivity contribution in [2.75, 3.05) is 32.8 Å². The molecule has 2 amide bonds. The number of aliphatic hydroxyl groups excluding tert-OH is 1. The van der Waals surface area contributed by atoms with E-state index in [9.17, 15) is 9.59 Å². The second-order valence-corrected chi connectivity index (χ2v) is 9.78. The van der Waals surface area contributed by atoms with Gasteiger partial charge in [0.05, 0.1) is 23.2 Å². The summed E-state index contributed by atoms with van der Waals surface area (Å²) in [4.78, 5) is 21.1. The predicted octanol–water partition coefficient (Wildman–Crippen LogP) is 1.27. The molecule has 0 spiro atoms. The second kappa shape index (κ2) is 31.9. The Bertz CT molecular complexity index is 991. The molecule has 0 aliphatic carbocycles. The number of hydrogen-bond donors (Lipinski definition) is 6. The number of aryl methyl sites for hydroxylation is 2. The molecule has 2 aliphatic rings.